The Balaban J connectivity index is 1.20. The van der Waals surface area contributed by atoms with Crippen LogP contribution in [0.5, 0.6) is 0 Å². The summed E-state index contributed by atoms with van der Waals surface area (Å²) in [5, 5.41) is 3.38. The first-order valence-corrected chi connectivity index (χ1v) is 14.0. The van der Waals surface area contributed by atoms with Gasteiger partial charge in [0.15, 0.2) is 5.65 Å². The Morgan fingerprint density at radius 3 is 2.58 bits per heavy atom. The lowest BCUT2D eigenvalue weighted by Gasteiger charge is -2.30. The van der Waals surface area contributed by atoms with Crippen LogP contribution in [-0.4, -0.2) is 75.4 Å². The van der Waals surface area contributed by atoms with E-state index in [1.54, 1.807) is 23.4 Å². The van der Waals surface area contributed by atoms with Crippen LogP contribution in [0.25, 0.3) is 16.8 Å². The number of carbonyl (C=O) groups excluding carboxylic acids is 2. The number of aromatic nitrogens is 3. The molecule has 0 spiro atoms. The molecule has 206 valence electrons. The second-order valence-corrected chi connectivity index (χ2v) is 10.7. The van der Waals surface area contributed by atoms with Gasteiger partial charge < -0.3 is 24.3 Å². The highest BCUT2D eigenvalue weighted by atomic mass is 16.5. The largest absolute Gasteiger partial charge is 0.378 e. The molecule has 3 aromatic heterocycles. The molecule has 40 heavy (non-hydrogen) atoms. The van der Waals surface area contributed by atoms with Gasteiger partial charge in [0.05, 0.1) is 30.9 Å². The first kappa shape index (κ1) is 26.0. The highest BCUT2D eigenvalue weighted by Gasteiger charge is 2.21. The van der Waals surface area contributed by atoms with Crippen LogP contribution in [0.1, 0.15) is 35.7 Å². The maximum atomic E-state index is 12.9. The zero-order chi connectivity index (χ0) is 27.5. The molecular weight excluding hydrogens is 504 g/mol. The molecule has 2 fully saturated rings. The number of nitrogens with zero attached hydrogens (tertiary/aromatic N) is 5. The average Bonchev–Trinajstić information content (AvgIpc) is 3.47. The number of fused-ring (bicyclic) bond motifs is 1. The van der Waals surface area contributed by atoms with Gasteiger partial charge in [-0.3, -0.25) is 9.59 Å². The summed E-state index contributed by atoms with van der Waals surface area (Å²) >= 11 is 0. The van der Waals surface area contributed by atoms with Crippen molar-refractivity contribution in [1.82, 2.24) is 24.2 Å². The standard InChI is InChI=1S/C31H34N6O3/c1-22-7-10-35(11-8-22)29(38)18-23-3-2-4-24(17-23)26-19-27(30-32-9-12-37(30)21-26)34-28-6-5-25(20-33-28)31(39)36-13-15-40-16-14-36/h2-6,9,12,17,19-22H,7-8,10-11,13-16,18H2,1H3,(H,33,34). The van der Waals surface area contributed by atoms with Crippen molar-refractivity contribution in [2.24, 2.45) is 5.92 Å². The van der Waals surface area contributed by atoms with Gasteiger partial charge in [-0.1, -0.05) is 31.2 Å². The first-order valence-electron chi connectivity index (χ1n) is 14.0. The zero-order valence-corrected chi connectivity index (χ0v) is 22.8. The predicted octanol–water partition coefficient (Wildman–Crippen LogP) is 4.41. The molecule has 4 aromatic rings. The number of hydrogen-bond acceptors (Lipinski definition) is 6. The van der Waals surface area contributed by atoms with Gasteiger partial charge >= 0.3 is 0 Å². The Labute approximate surface area is 233 Å². The monoisotopic (exact) mass is 538 g/mol. The molecule has 9 heteroatoms. The summed E-state index contributed by atoms with van der Waals surface area (Å²) in [5.41, 5.74) is 5.14. The number of carbonyl (C=O) groups is 2. The number of amides is 2. The van der Waals surface area contributed by atoms with Crippen molar-refractivity contribution in [3.63, 3.8) is 0 Å². The molecule has 2 aliphatic rings. The van der Waals surface area contributed by atoms with E-state index in [-0.39, 0.29) is 11.8 Å². The quantitative estimate of drug-likeness (QED) is 0.391. The van der Waals surface area contributed by atoms with Crippen LogP contribution in [0, 0.1) is 5.92 Å². The maximum Gasteiger partial charge on any atom is 0.255 e. The summed E-state index contributed by atoms with van der Waals surface area (Å²) < 4.78 is 7.32. The van der Waals surface area contributed by atoms with Gasteiger partial charge in [0.1, 0.15) is 5.82 Å². The van der Waals surface area contributed by atoms with E-state index in [0.29, 0.717) is 50.0 Å². The van der Waals surface area contributed by atoms with E-state index in [9.17, 15) is 9.59 Å². The lowest BCUT2D eigenvalue weighted by atomic mass is 9.98. The van der Waals surface area contributed by atoms with Gasteiger partial charge in [0.2, 0.25) is 5.91 Å². The molecule has 2 saturated heterocycles. The number of benzene rings is 1. The van der Waals surface area contributed by atoms with E-state index >= 15 is 0 Å². The average molecular weight is 539 g/mol. The van der Waals surface area contributed by atoms with Gasteiger partial charge in [-0.2, -0.15) is 0 Å². The number of imidazole rings is 1. The van der Waals surface area contributed by atoms with E-state index in [1.807, 2.05) is 46.0 Å². The minimum atomic E-state index is -0.0341. The smallest absolute Gasteiger partial charge is 0.255 e. The number of likely N-dealkylation sites (tertiary alicyclic amines) is 1. The van der Waals surface area contributed by atoms with Gasteiger partial charge in [0, 0.05) is 56.5 Å². The molecule has 2 amide bonds. The SMILES string of the molecule is CC1CCN(C(=O)Cc2cccc(-c3cc(Nc4ccc(C(=O)N5CCOCC5)cn4)c4nccn4c3)c2)CC1. The Kier molecular flexibility index (Phi) is 7.46. The summed E-state index contributed by atoms with van der Waals surface area (Å²) in [7, 11) is 0. The third-order valence-corrected chi connectivity index (χ3v) is 7.81. The second kappa shape index (κ2) is 11.5. The van der Waals surface area contributed by atoms with Crippen LogP contribution >= 0.6 is 0 Å². The molecule has 5 heterocycles. The van der Waals surface area contributed by atoms with Crippen LogP contribution in [0.15, 0.2) is 67.3 Å². The Bertz CT molecular complexity index is 1500. The highest BCUT2D eigenvalue weighted by Crippen LogP contribution is 2.29. The van der Waals surface area contributed by atoms with Crippen molar-refractivity contribution in [1.29, 1.82) is 0 Å². The molecule has 2 aliphatic heterocycles. The summed E-state index contributed by atoms with van der Waals surface area (Å²) in [4.78, 5) is 38.5. The van der Waals surface area contributed by atoms with Crippen molar-refractivity contribution in [3.05, 3.63) is 78.4 Å². The van der Waals surface area contributed by atoms with Crippen LogP contribution < -0.4 is 5.32 Å². The number of hydrogen-bond donors (Lipinski definition) is 1. The molecular formula is C31H34N6O3. The molecule has 6 rings (SSSR count). The number of nitrogens with one attached hydrogen (secondary N) is 1. The van der Waals surface area contributed by atoms with Gasteiger partial charge in [-0.25, -0.2) is 9.97 Å². The van der Waals surface area contributed by atoms with Crippen molar-refractivity contribution in [3.8, 4) is 11.1 Å². The zero-order valence-electron chi connectivity index (χ0n) is 22.8. The van der Waals surface area contributed by atoms with E-state index in [2.05, 4.69) is 34.3 Å². The van der Waals surface area contributed by atoms with Gasteiger partial charge in [0.25, 0.3) is 5.91 Å². The fourth-order valence-corrected chi connectivity index (χ4v) is 5.37. The van der Waals surface area contributed by atoms with Crippen LogP contribution in [0.4, 0.5) is 11.5 Å². The number of piperidine rings is 1. The van der Waals surface area contributed by atoms with E-state index in [4.69, 9.17) is 4.74 Å². The Morgan fingerprint density at radius 1 is 0.975 bits per heavy atom. The van der Waals surface area contributed by atoms with Crippen molar-refractivity contribution in [2.75, 3.05) is 44.7 Å². The second-order valence-electron chi connectivity index (χ2n) is 10.7. The Hall–Kier alpha value is -4.24. The minimum absolute atomic E-state index is 0.0341. The van der Waals surface area contributed by atoms with Crippen molar-refractivity contribution < 1.29 is 14.3 Å². The van der Waals surface area contributed by atoms with Crippen LogP contribution in [0.2, 0.25) is 0 Å². The molecule has 0 saturated carbocycles. The normalized spacial score (nSPS) is 16.3. The lowest BCUT2D eigenvalue weighted by molar-refractivity contribution is -0.131. The molecule has 0 aliphatic carbocycles. The van der Waals surface area contributed by atoms with E-state index < -0.39 is 0 Å². The Morgan fingerprint density at radius 2 is 1.80 bits per heavy atom. The lowest BCUT2D eigenvalue weighted by Crippen LogP contribution is -2.40. The number of morpholine rings is 1. The molecule has 0 atom stereocenters. The fourth-order valence-electron chi connectivity index (χ4n) is 5.37. The third kappa shape index (κ3) is 5.70. The fraction of sp³-hybridized carbons (Fsp3) is 0.355. The van der Waals surface area contributed by atoms with Crippen LogP contribution in [-0.2, 0) is 16.0 Å². The molecule has 9 nitrogen and oxygen atoms in total. The maximum absolute atomic E-state index is 12.9. The van der Waals surface area contributed by atoms with Crippen LogP contribution in [0.3, 0.4) is 0 Å². The van der Waals surface area contributed by atoms with E-state index in [1.165, 1.54) is 0 Å². The van der Waals surface area contributed by atoms with Gasteiger partial charge in [-0.15, -0.1) is 0 Å². The number of pyridine rings is 2. The number of anilines is 2. The third-order valence-electron chi connectivity index (χ3n) is 7.81. The molecule has 0 radical (unpaired) electrons. The first-order chi connectivity index (χ1) is 19.5. The summed E-state index contributed by atoms with van der Waals surface area (Å²) in [6.07, 6.45) is 9.87. The summed E-state index contributed by atoms with van der Waals surface area (Å²) in [6.45, 7) is 6.26. The summed E-state index contributed by atoms with van der Waals surface area (Å²) in [5.74, 6) is 1.47. The van der Waals surface area contributed by atoms with Crippen molar-refractivity contribution >= 4 is 29.0 Å². The molecule has 1 aromatic carbocycles. The molecule has 1 N–H and O–H groups in total. The predicted molar refractivity (Wildman–Crippen MR) is 154 cm³/mol. The van der Waals surface area contributed by atoms with Crippen molar-refractivity contribution in [2.45, 2.75) is 26.2 Å². The summed E-state index contributed by atoms with van der Waals surface area (Å²) in [6, 6.07) is 13.8. The van der Waals surface area contributed by atoms with Gasteiger partial charge in [-0.05, 0) is 48.1 Å². The highest BCUT2D eigenvalue weighted by molar-refractivity contribution is 5.94. The number of ether oxygens (including phenoxy) is 1. The number of rotatable bonds is 6. The molecule has 0 bridgehead atoms. The minimum Gasteiger partial charge on any atom is -0.378 e. The molecule has 0 unspecified atom stereocenters. The van der Waals surface area contributed by atoms with E-state index in [0.717, 1.165) is 54.0 Å². The topological polar surface area (TPSA) is 92.1 Å².